The van der Waals surface area contributed by atoms with Crippen LogP contribution in [0.3, 0.4) is 0 Å². The fourth-order valence-corrected chi connectivity index (χ4v) is 3.47. The lowest BCUT2D eigenvalue weighted by Crippen LogP contribution is -2.47. The van der Waals surface area contributed by atoms with Gasteiger partial charge in [-0.2, -0.15) is 0 Å². The quantitative estimate of drug-likeness (QED) is 0.823. The Morgan fingerprint density at radius 1 is 1.04 bits per heavy atom. The summed E-state index contributed by atoms with van der Waals surface area (Å²) >= 11 is 0. The van der Waals surface area contributed by atoms with Crippen LogP contribution in [0.15, 0.2) is 17.1 Å². The highest BCUT2D eigenvalue weighted by Crippen LogP contribution is 2.38. The minimum Gasteiger partial charge on any atom is -0.493 e. The van der Waals surface area contributed by atoms with E-state index in [1.54, 1.807) is 38.4 Å². The van der Waals surface area contributed by atoms with Crippen molar-refractivity contribution in [1.29, 1.82) is 0 Å². The number of ether oxygens (including phenoxy) is 3. The van der Waals surface area contributed by atoms with Gasteiger partial charge in [0.15, 0.2) is 11.5 Å². The maximum absolute atomic E-state index is 13.2. The van der Waals surface area contributed by atoms with E-state index in [-0.39, 0.29) is 5.91 Å². The lowest BCUT2D eigenvalue weighted by molar-refractivity contribution is 0.0838. The monoisotopic (exact) mass is 361 g/mol. The van der Waals surface area contributed by atoms with E-state index in [0.29, 0.717) is 35.9 Å². The van der Waals surface area contributed by atoms with Gasteiger partial charge in [-0.1, -0.05) is 6.92 Å². The second-order valence-corrected chi connectivity index (χ2v) is 6.72. The Kier molecular flexibility index (Phi) is 5.54. The molecule has 0 saturated carbocycles. The van der Waals surface area contributed by atoms with Crippen molar-refractivity contribution in [3.05, 3.63) is 17.7 Å². The number of benzene rings is 1. The highest BCUT2D eigenvalue weighted by atomic mass is 16.5. The second kappa shape index (κ2) is 7.85. The maximum Gasteiger partial charge on any atom is 0.260 e. The van der Waals surface area contributed by atoms with Crippen molar-refractivity contribution in [1.82, 2.24) is 9.80 Å². The highest BCUT2D eigenvalue weighted by Gasteiger charge is 2.31. The Bertz CT molecular complexity index is 671. The smallest absolute Gasteiger partial charge is 0.260 e. The van der Waals surface area contributed by atoms with Crippen LogP contribution in [0.4, 0.5) is 0 Å². The molecule has 1 aromatic carbocycles. The van der Waals surface area contributed by atoms with E-state index in [0.717, 1.165) is 37.8 Å². The molecule has 0 unspecified atom stereocenters. The van der Waals surface area contributed by atoms with Gasteiger partial charge < -0.3 is 19.1 Å². The summed E-state index contributed by atoms with van der Waals surface area (Å²) in [6.07, 6.45) is 2.26. The number of hydrogen-bond acceptors (Lipinski definition) is 6. The van der Waals surface area contributed by atoms with Crippen LogP contribution in [0.5, 0.6) is 17.2 Å². The lowest BCUT2D eigenvalue weighted by Gasteiger charge is -2.34. The van der Waals surface area contributed by atoms with Crippen LogP contribution < -0.4 is 14.2 Å². The van der Waals surface area contributed by atoms with E-state index in [1.165, 1.54) is 0 Å². The van der Waals surface area contributed by atoms with Gasteiger partial charge in [0.1, 0.15) is 0 Å². The van der Waals surface area contributed by atoms with Gasteiger partial charge in [-0.05, 0) is 30.9 Å². The number of piperidine rings is 1. The molecule has 1 saturated heterocycles. The predicted molar refractivity (Wildman–Crippen MR) is 99.4 cm³/mol. The third-order valence-electron chi connectivity index (χ3n) is 5.04. The maximum atomic E-state index is 13.2. The SMILES string of the molecule is COc1cc(C(=O)N2CCN=C2N2CCC(C)CC2)cc(OC)c1OC. The average Bonchev–Trinajstić information content (AvgIpc) is 3.16. The zero-order chi connectivity index (χ0) is 18.7. The van der Waals surface area contributed by atoms with Crippen molar-refractivity contribution >= 4 is 11.9 Å². The Morgan fingerprint density at radius 2 is 1.65 bits per heavy atom. The fourth-order valence-electron chi connectivity index (χ4n) is 3.47. The molecule has 0 spiro atoms. The number of aliphatic imine (C=N–C) groups is 1. The number of carbonyl (C=O) groups excluding carboxylic acids is 1. The van der Waals surface area contributed by atoms with Crippen molar-refractivity contribution in [2.75, 3.05) is 47.5 Å². The zero-order valence-corrected chi connectivity index (χ0v) is 15.9. The standard InChI is InChI=1S/C19H27N3O4/c1-13-5-8-21(9-6-13)19-20-7-10-22(19)18(23)14-11-15(24-2)17(26-4)16(12-14)25-3/h11-13H,5-10H2,1-4H3. The number of nitrogens with zero attached hydrogens (tertiary/aromatic N) is 3. The van der Waals surface area contributed by atoms with Gasteiger partial charge in [0, 0.05) is 25.2 Å². The number of carbonyl (C=O) groups is 1. The Hall–Kier alpha value is -2.44. The van der Waals surface area contributed by atoms with Gasteiger partial charge in [0.05, 0.1) is 27.9 Å². The number of hydrogen-bond donors (Lipinski definition) is 0. The molecule has 2 aliphatic rings. The number of rotatable bonds is 4. The van der Waals surface area contributed by atoms with Crippen molar-refractivity contribution < 1.29 is 19.0 Å². The van der Waals surface area contributed by atoms with E-state index in [9.17, 15) is 4.79 Å². The Labute approximate surface area is 154 Å². The zero-order valence-electron chi connectivity index (χ0n) is 15.9. The molecule has 0 N–H and O–H groups in total. The predicted octanol–water partition coefficient (Wildman–Crippen LogP) is 2.26. The van der Waals surface area contributed by atoms with Crippen LogP contribution in [0, 0.1) is 5.92 Å². The molecule has 3 rings (SSSR count). The molecule has 7 nitrogen and oxygen atoms in total. The Balaban J connectivity index is 1.85. The molecule has 0 atom stereocenters. The van der Waals surface area contributed by atoms with Crippen LogP contribution >= 0.6 is 0 Å². The molecule has 1 aromatic rings. The minimum atomic E-state index is -0.0980. The second-order valence-electron chi connectivity index (χ2n) is 6.72. The van der Waals surface area contributed by atoms with Crippen LogP contribution in [0.25, 0.3) is 0 Å². The summed E-state index contributed by atoms with van der Waals surface area (Å²) in [6, 6.07) is 3.38. The van der Waals surface area contributed by atoms with Crippen molar-refractivity contribution in [2.24, 2.45) is 10.9 Å². The van der Waals surface area contributed by atoms with Gasteiger partial charge in [-0.25, -0.2) is 0 Å². The molecule has 0 radical (unpaired) electrons. The van der Waals surface area contributed by atoms with Gasteiger partial charge in [-0.3, -0.25) is 14.7 Å². The molecule has 0 aromatic heterocycles. The number of guanidine groups is 1. The molecule has 1 fully saturated rings. The average molecular weight is 361 g/mol. The summed E-state index contributed by atoms with van der Waals surface area (Å²) in [5.74, 6) is 2.84. The molecule has 26 heavy (non-hydrogen) atoms. The summed E-state index contributed by atoms with van der Waals surface area (Å²) < 4.78 is 16.1. The highest BCUT2D eigenvalue weighted by molar-refractivity contribution is 6.07. The first kappa shape index (κ1) is 18.4. The summed E-state index contributed by atoms with van der Waals surface area (Å²) in [5.41, 5.74) is 0.500. The molecule has 0 bridgehead atoms. The molecule has 1 amide bonds. The van der Waals surface area contributed by atoms with Gasteiger partial charge >= 0.3 is 0 Å². The number of amides is 1. The Morgan fingerprint density at radius 3 is 2.19 bits per heavy atom. The third-order valence-corrected chi connectivity index (χ3v) is 5.04. The number of methoxy groups -OCH3 is 3. The van der Waals surface area contributed by atoms with Crippen LogP contribution in [0.2, 0.25) is 0 Å². The first-order valence-corrected chi connectivity index (χ1v) is 9.00. The number of likely N-dealkylation sites (tertiary alicyclic amines) is 1. The van der Waals surface area contributed by atoms with E-state index in [2.05, 4.69) is 16.8 Å². The van der Waals surface area contributed by atoms with Gasteiger partial charge in [-0.15, -0.1) is 0 Å². The topological polar surface area (TPSA) is 63.6 Å². The summed E-state index contributed by atoms with van der Waals surface area (Å²) in [5, 5.41) is 0. The van der Waals surface area contributed by atoms with E-state index in [1.807, 2.05) is 0 Å². The van der Waals surface area contributed by atoms with Gasteiger partial charge in [0.2, 0.25) is 11.7 Å². The largest absolute Gasteiger partial charge is 0.493 e. The fraction of sp³-hybridized carbons (Fsp3) is 0.579. The van der Waals surface area contributed by atoms with Crippen molar-refractivity contribution in [2.45, 2.75) is 19.8 Å². The van der Waals surface area contributed by atoms with Crippen molar-refractivity contribution in [3.63, 3.8) is 0 Å². The molecule has 142 valence electrons. The lowest BCUT2D eigenvalue weighted by atomic mass is 9.99. The minimum absolute atomic E-state index is 0.0980. The summed E-state index contributed by atoms with van der Waals surface area (Å²) in [7, 11) is 4.64. The third kappa shape index (κ3) is 3.43. The van der Waals surface area contributed by atoms with Crippen LogP contribution in [0.1, 0.15) is 30.1 Å². The van der Waals surface area contributed by atoms with E-state index >= 15 is 0 Å². The first-order valence-electron chi connectivity index (χ1n) is 9.00. The molecule has 0 aliphatic carbocycles. The molecular weight excluding hydrogens is 334 g/mol. The van der Waals surface area contributed by atoms with Crippen LogP contribution in [-0.2, 0) is 0 Å². The van der Waals surface area contributed by atoms with Gasteiger partial charge in [0.25, 0.3) is 5.91 Å². The van der Waals surface area contributed by atoms with E-state index < -0.39 is 0 Å². The molecule has 2 aliphatic heterocycles. The molecule has 2 heterocycles. The van der Waals surface area contributed by atoms with E-state index in [4.69, 9.17) is 14.2 Å². The summed E-state index contributed by atoms with van der Waals surface area (Å²) in [4.78, 5) is 21.7. The van der Waals surface area contributed by atoms with Crippen LogP contribution in [-0.4, -0.2) is 69.2 Å². The summed E-state index contributed by atoms with van der Waals surface area (Å²) in [6.45, 7) is 5.39. The molecule has 7 heteroatoms. The van der Waals surface area contributed by atoms with Crippen molar-refractivity contribution in [3.8, 4) is 17.2 Å². The first-order chi connectivity index (χ1) is 12.6. The normalized spacial score (nSPS) is 17.9. The molecular formula is C19H27N3O4.